The molecule has 2 N–H and O–H groups in total. The highest BCUT2D eigenvalue weighted by molar-refractivity contribution is 7.99. The zero-order valence-electron chi connectivity index (χ0n) is 16.9. The SMILES string of the molecule is O=C(CCCc1c(-c2ccccn2)[nH]c2ccc(F)cc12)Nc1ccc(SC(F)F)cc1. The second kappa shape index (κ2) is 9.91. The van der Waals surface area contributed by atoms with Crippen LogP contribution in [0.3, 0.4) is 0 Å². The molecule has 0 saturated heterocycles. The number of pyridine rings is 1. The Balaban J connectivity index is 1.44. The number of aromatic nitrogens is 2. The van der Waals surface area contributed by atoms with Crippen LogP contribution in [0.1, 0.15) is 18.4 Å². The molecule has 0 bridgehead atoms. The molecule has 0 aliphatic rings. The van der Waals surface area contributed by atoms with Gasteiger partial charge >= 0.3 is 0 Å². The molecule has 0 fully saturated rings. The van der Waals surface area contributed by atoms with Crippen molar-refractivity contribution in [2.75, 3.05) is 5.32 Å². The van der Waals surface area contributed by atoms with Crippen LogP contribution >= 0.6 is 11.8 Å². The number of carbonyl (C=O) groups is 1. The quantitative estimate of drug-likeness (QED) is 0.293. The van der Waals surface area contributed by atoms with Crippen molar-refractivity contribution in [3.05, 3.63) is 78.2 Å². The molecule has 4 rings (SSSR count). The number of aromatic amines is 1. The largest absolute Gasteiger partial charge is 0.353 e. The van der Waals surface area contributed by atoms with E-state index in [0.29, 0.717) is 35.2 Å². The van der Waals surface area contributed by atoms with Gasteiger partial charge in [0.05, 0.1) is 11.4 Å². The lowest BCUT2D eigenvalue weighted by atomic mass is 10.0. The van der Waals surface area contributed by atoms with Crippen molar-refractivity contribution >= 4 is 34.3 Å². The van der Waals surface area contributed by atoms with Crippen molar-refractivity contribution in [1.82, 2.24) is 9.97 Å². The molecule has 0 aliphatic heterocycles. The molecule has 0 saturated carbocycles. The minimum Gasteiger partial charge on any atom is -0.353 e. The van der Waals surface area contributed by atoms with Gasteiger partial charge in [0.25, 0.3) is 5.76 Å². The first-order valence-corrected chi connectivity index (χ1v) is 10.9. The van der Waals surface area contributed by atoms with E-state index in [1.807, 2.05) is 18.2 Å². The van der Waals surface area contributed by atoms with Gasteiger partial charge in [-0.2, -0.15) is 8.78 Å². The molecule has 164 valence electrons. The molecule has 0 spiro atoms. The van der Waals surface area contributed by atoms with Crippen LogP contribution in [0.2, 0.25) is 0 Å². The summed E-state index contributed by atoms with van der Waals surface area (Å²) in [6.45, 7) is 0. The third kappa shape index (κ3) is 5.31. The van der Waals surface area contributed by atoms with Gasteiger partial charge in [0.15, 0.2) is 0 Å². The second-order valence-corrected chi connectivity index (χ2v) is 8.25. The Bertz CT molecular complexity index is 1210. The number of nitrogens with one attached hydrogen (secondary N) is 2. The van der Waals surface area contributed by atoms with Gasteiger partial charge in [-0.25, -0.2) is 4.39 Å². The van der Waals surface area contributed by atoms with Gasteiger partial charge in [0, 0.05) is 34.1 Å². The number of hydrogen-bond acceptors (Lipinski definition) is 3. The van der Waals surface area contributed by atoms with Crippen molar-refractivity contribution in [3.8, 4) is 11.4 Å². The van der Waals surface area contributed by atoms with Gasteiger partial charge in [-0.3, -0.25) is 9.78 Å². The molecule has 2 heterocycles. The fourth-order valence-electron chi connectivity index (χ4n) is 3.58. The van der Waals surface area contributed by atoms with Crippen molar-refractivity contribution in [2.45, 2.75) is 29.9 Å². The predicted molar refractivity (Wildman–Crippen MR) is 121 cm³/mol. The van der Waals surface area contributed by atoms with E-state index in [1.165, 1.54) is 12.1 Å². The smallest absolute Gasteiger partial charge is 0.288 e. The fourth-order valence-corrected chi connectivity index (χ4v) is 4.08. The summed E-state index contributed by atoms with van der Waals surface area (Å²) < 4.78 is 38.7. The molecule has 0 atom stereocenters. The monoisotopic (exact) mass is 455 g/mol. The molecule has 4 nitrogen and oxygen atoms in total. The lowest BCUT2D eigenvalue weighted by Crippen LogP contribution is -2.11. The van der Waals surface area contributed by atoms with Crippen LogP contribution in [-0.2, 0) is 11.2 Å². The minimum absolute atomic E-state index is 0.176. The van der Waals surface area contributed by atoms with Gasteiger partial charge in [0.2, 0.25) is 5.91 Å². The number of carbonyl (C=O) groups excluding carboxylic acids is 1. The number of benzene rings is 2. The van der Waals surface area contributed by atoms with Gasteiger partial charge in [-0.1, -0.05) is 17.8 Å². The summed E-state index contributed by atoms with van der Waals surface area (Å²) in [7, 11) is 0. The Labute approximate surface area is 187 Å². The molecule has 0 aliphatic carbocycles. The number of hydrogen-bond donors (Lipinski definition) is 2. The Morgan fingerprint density at radius 3 is 2.62 bits per heavy atom. The van der Waals surface area contributed by atoms with E-state index in [1.54, 1.807) is 36.5 Å². The Hall–Kier alpha value is -3.26. The zero-order valence-corrected chi connectivity index (χ0v) is 17.8. The summed E-state index contributed by atoms with van der Waals surface area (Å²) in [4.78, 5) is 20.5. The molecule has 0 unspecified atom stereocenters. The van der Waals surface area contributed by atoms with Crippen molar-refractivity contribution in [3.63, 3.8) is 0 Å². The minimum atomic E-state index is -2.48. The Morgan fingerprint density at radius 2 is 1.91 bits per heavy atom. The van der Waals surface area contributed by atoms with Gasteiger partial charge in [-0.05, 0) is 73.0 Å². The number of thioether (sulfide) groups is 1. The Kier molecular flexibility index (Phi) is 6.80. The predicted octanol–water partition coefficient (Wildman–Crippen LogP) is 6.65. The summed E-state index contributed by atoms with van der Waals surface area (Å²) in [5.74, 6) is -2.98. The first kappa shape index (κ1) is 22.0. The average Bonchev–Trinajstić information content (AvgIpc) is 3.13. The van der Waals surface area contributed by atoms with Crippen molar-refractivity contribution in [1.29, 1.82) is 0 Å². The number of fused-ring (bicyclic) bond motifs is 1. The maximum absolute atomic E-state index is 13.9. The molecule has 32 heavy (non-hydrogen) atoms. The first-order chi connectivity index (χ1) is 15.5. The summed E-state index contributed by atoms with van der Waals surface area (Å²) in [6.07, 6.45) is 3.07. The highest BCUT2D eigenvalue weighted by Crippen LogP contribution is 2.31. The molecule has 1 amide bonds. The van der Waals surface area contributed by atoms with Gasteiger partial charge in [0.1, 0.15) is 5.82 Å². The van der Waals surface area contributed by atoms with E-state index in [0.717, 1.165) is 27.9 Å². The van der Waals surface area contributed by atoms with Crippen LogP contribution in [0.15, 0.2) is 71.8 Å². The molecule has 4 aromatic rings. The zero-order chi connectivity index (χ0) is 22.5. The van der Waals surface area contributed by atoms with Crippen LogP contribution in [0.25, 0.3) is 22.3 Å². The van der Waals surface area contributed by atoms with Crippen molar-refractivity contribution < 1.29 is 18.0 Å². The van der Waals surface area contributed by atoms with Crippen LogP contribution in [0.5, 0.6) is 0 Å². The van der Waals surface area contributed by atoms with Crippen LogP contribution < -0.4 is 5.32 Å². The topological polar surface area (TPSA) is 57.8 Å². The third-order valence-corrected chi connectivity index (χ3v) is 5.71. The summed E-state index contributed by atoms with van der Waals surface area (Å²) in [5.41, 5.74) is 3.86. The van der Waals surface area contributed by atoms with Crippen LogP contribution in [0.4, 0.5) is 18.9 Å². The van der Waals surface area contributed by atoms with E-state index in [4.69, 9.17) is 0 Å². The van der Waals surface area contributed by atoms with Crippen LogP contribution in [-0.4, -0.2) is 21.6 Å². The van der Waals surface area contributed by atoms with E-state index in [-0.39, 0.29) is 18.1 Å². The van der Waals surface area contributed by atoms with Gasteiger partial charge < -0.3 is 10.3 Å². The number of alkyl halides is 2. The lowest BCUT2D eigenvalue weighted by molar-refractivity contribution is -0.116. The standard InChI is InChI=1S/C24H20F3N3OS/c25-15-7-12-20-19(14-15)18(23(30-20)21-5-1-2-13-28-21)4-3-6-22(31)29-16-8-10-17(11-9-16)32-24(26)27/h1-2,5,7-14,24,30H,3-4,6H2,(H,29,31). The first-order valence-electron chi connectivity index (χ1n) is 10.1. The van der Waals surface area contributed by atoms with Gasteiger partial charge in [-0.15, -0.1) is 0 Å². The maximum atomic E-state index is 13.9. The van der Waals surface area contributed by atoms with Crippen LogP contribution in [0, 0.1) is 5.82 Å². The number of halogens is 3. The third-order valence-electron chi connectivity index (χ3n) is 4.98. The maximum Gasteiger partial charge on any atom is 0.288 e. The molecule has 2 aromatic carbocycles. The highest BCUT2D eigenvalue weighted by atomic mass is 32.2. The molecule has 0 radical (unpaired) electrons. The van der Waals surface area contributed by atoms with E-state index < -0.39 is 5.76 Å². The fraction of sp³-hybridized carbons (Fsp3) is 0.167. The average molecular weight is 456 g/mol. The lowest BCUT2D eigenvalue weighted by Gasteiger charge is -2.08. The van der Waals surface area contributed by atoms with E-state index in [2.05, 4.69) is 15.3 Å². The second-order valence-electron chi connectivity index (χ2n) is 7.19. The summed E-state index contributed by atoms with van der Waals surface area (Å²) in [6, 6.07) is 16.5. The highest BCUT2D eigenvalue weighted by Gasteiger charge is 2.15. The number of rotatable bonds is 8. The Morgan fingerprint density at radius 1 is 1.09 bits per heavy atom. The molecule has 8 heteroatoms. The number of amides is 1. The van der Waals surface area contributed by atoms with Crippen molar-refractivity contribution in [2.24, 2.45) is 0 Å². The molecule has 2 aromatic heterocycles. The number of anilines is 1. The van der Waals surface area contributed by atoms with E-state index >= 15 is 0 Å². The number of aryl methyl sites for hydroxylation is 1. The molecular formula is C24H20F3N3OS. The molecular weight excluding hydrogens is 435 g/mol. The van der Waals surface area contributed by atoms with E-state index in [9.17, 15) is 18.0 Å². The summed E-state index contributed by atoms with van der Waals surface area (Å²) in [5, 5.41) is 3.56. The number of H-pyrrole nitrogens is 1. The normalized spacial score (nSPS) is 11.2. The number of nitrogens with zero attached hydrogens (tertiary/aromatic N) is 1. The summed E-state index contributed by atoms with van der Waals surface area (Å²) >= 11 is 0.459.